The summed E-state index contributed by atoms with van der Waals surface area (Å²) in [5, 5.41) is 1.08. The van der Waals surface area contributed by atoms with E-state index in [1.54, 1.807) is 4.57 Å². The molecule has 1 aromatic carbocycles. The fourth-order valence-corrected chi connectivity index (χ4v) is 3.10. The first-order valence-electron chi connectivity index (χ1n) is 8.16. The second-order valence-corrected chi connectivity index (χ2v) is 6.32. The number of allylic oxidation sites excluding steroid dienone is 1. The molecule has 0 atom stereocenters. The van der Waals surface area contributed by atoms with Gasteiger partial charge in [-0.15, -0.1) is 0 Å². The van der Waals surface area contributed by atoms with Gasteiger partial charge in [-0.3, -0.25) is 4.79 Å². The van der Waals surface area contributed by atoms with Gasteiger partial charge >= 0.3 is 0 Å². The largest absolute Gasteiger partial charge is 0.338 e. The number of imidazole rings is 1. The van der Waals surface area contributed by atoms with E-state index in [4.69, 9.17) is 0 Å². The van der Waals surface area contributed by atoms with Crippen LogP contribution in [-0.2, 0) is 13.1 Å². The fourth-order valence-electron chi connectivity index (χ4n) is 3.10. The highest BCUT2D eigenvalue weighted by Gasteiger charge is 2.24. The second kappa shape index (κ2) is 6.07. The summed E-state index contributed by atoms with van der Waals surface area (Å²) in [5.41, 5.74) is 2.90. The van der Waals surface area contributed by atoms with Crippen LogP contribution in [-0.4, -0.2) is 20.4 Å². The van der Waals surface area contributed by atoms with Gasteiger partial charge < -0.3 is 9.13 Å². The van der Waals surface area contributed by atoms with Gasteiger partial charge in [0.05, 0.1) is 23.7 Å². The van der Waals surface area contributed by atoms with E-state index in [2.05, 4.69) is 9.55 Å². The van der Waals surface area contributed by atoms with Crippen LogP contribution in [0.25, 0.3) is 17.0 Å². The maximum Gasteiger partial charge on any atom is 0.230 e. The Hall–Kier alpha value is -2.69. The van der Waals surface area contributed by atoms with Crippen molar-refractivity contribution in [2.45, 2.75) is 25.9 Å². The van der Waals surface area contributed by atoms with Gasteiger partial charge in [-0.1, -0.05) is 30.4 Å². The van der Waals surface area contributed by atoms with Crippen LogP contribution in [0.4, 0.5) is 4.39 Å². The standard InChI is InChI=1S/C19H18FN3O/c20-18-11-22(13-21-18)8-2-5-15-3-1-4-16-9-17(12-24)23(19(15)16)10-14-6-7-14/h1-5,9,11-14H,6-8,10H2. The molecule has 1 aliphatic carbocycles. The molecule has 122 valence electrons. The molecule has 0 N–H and O–H groups in total. The van der Waals surface area contributed by atoms with Gasteiger partial charge in [-0.05, 0) is 30.4 Å². The van der Waals surface area contributed by atoms with E-state index in [-0.39, 0.29) is 0 Å². The highest BCUT2D eigenvalue weighted by atomic mass is 19.1. The summed E-state index contributed by atoms with van der Waals surface area (Å²) >= 11 is 0. The first-order chi connectivity index (χ1) is 11.7. The molecule has 0 spiro atoms. The lowest BCUT2D eigenvalue weighted by molar-refractivity contribution is 0.111. The first kappa shape index (κ1) is 14.9. The topological polar surface area (TPSA) is 39.8 Å². The minimum atomic E-state index is -0.473. The smallest absolute Gasteiger partial charge is 0.230 e. The van der Waals surface area contributed by atoms with E-state index in [0.29, 0.717) is 12.5 Å². The van der Waals surface area contributed by atoms with E-state index in [1.165, 1.54) is 25.4 Å². The van der Waals surface area contributed by atoms with Gasteiger partial charge in [0.15, 0.2) is 6.29 Å². The Morgan fingerprint density at radius 1 is 1.33 bits per heavy atom. The van der Waals surface area contributed by atoms with Gasteiger partial charge in [0.1, 0.15) is 0 Å². The molecule has 0 bridgehead atoms. The molecule has 0 aliphatic heterocycles. The van der Waals surface area contributed by atoms with E-state index in [0.717, 1.165) is 35.0 Å². The minimum Gasteiger partial charge on any atom is -0.338 e. The Labute approximate surface area is 139 Å². The number of halogens is 1. The quantitative estimate of drug-likeness (QED) is 0.645. The van der Waals surface area contributed by atoms with E-state index < -0.39 is 5.95 Å². The van der Waals surface area contributed by atoms with Crippen molar-refractivity contribution in [3.05, 3.63) is 60.1 Å². The van der Waals surface area contributed by atoms with Gasteiger partial charge in [0.25, 0.3) is 0 Å². The molecular formula is C19H18FN3O. The molecule has 3 aromatic rings. The number of nitrogens with zero attached hydrogens (tertiary/aromatic N) is 3. The summed E-state index contributed by atoms with van der Waals surface area (Å²) in [6.07, 6.45) is 10.3. The zero-order chi connectivity index (χ0) is 16.5. The number of hydrogen-bond acceptors (Lipinski definition) is 2. The van der Waals surface area contributed by atoms with Crippen molar-refractivity contribution >= 4 is 23.3 Å². The fraction of sp³-hybridized carbons (Fsp3) is 0.263. The summed E-state index contributed by atoms with van der Waals surface area (Å²) in [5.74, 6) is 0.213. The third kappa shape index (κ3) is 2.89. The molecule has 0 amide bonds. The number of carbonyl (C=O) groups excluding carboxylic acids is 1. The highest BCUT2D eigenvalue weighted by molar-refractivity contribution is 5.94. The summed E-state index contributed by atoms with van der Waals surface area (Å²) < 4.78 is 16.7. The van der Waals surface area contributed by atoms with Crippen LogP contribution in [0, 0.1) is 11.9 Å². The molecule has 24 heavy (non-hydrogen) atoms. The molecule has 4 rings (SSSR count). The maximum absolute atomic E-state index is 12.9. The second-order valence-electron chi connectivity index (χ2n) is 6.32. The van der Waals surface area contributed by atoms with E-state index in [1.807, 2.05) is 36.4 Å². The lowest BCUT2D eigenvalue weighted by atomic mass is 10.1. The van der Waals surface area contributed by atoms with Crippen molar-refractivity contribution in [3.8, 4) is 0 Å². The van der Waals surface area contributed by atoms with Crippen LogP contribution in [0.3, 0.4) is 0 Å². The number of carbonyl (C=O) groups is 1. The van der Waals surface area contributed by atoms with Crippen LogP contribution in [0.15, 0.2) is 42.9 Å². The van der Waals surface area contributed by atoms with E-state index in [9.17, 15) is 9.18 Å². The number of hydrogen-bond donors (Lipinski definition) is 0. The molecular weight excluding hydrogens is 305 g/mol. The number of benzene rings is 1. The zero-order valence-corrected chi connectivity index (χ0v) is 13.2. The third-order valence-corrected chi connectivity index (χ3v) is 4.46. The normalized spacial score (nSPS) is 14.7. The van der Waals surface area contributed by atoms with Crippen molar-refractivity contribution < 1.29 is 9.18 Å². The SMILES string of the molecule is O=Cc1cc2cccc(C=CCn3cnc(F)c3)c2n1CC1CC1. The molecule has 4 nitrogen and oxygen atoms in total. The number of fused-ring (bicyclic) bond motifs is 1. The van der Waals surface area contributed by atoms with Crippen molar-refractivity contribution in [1.29, 1.82) is 0 Å². The Morgan fingerprint density at radius 2 is 2.21 bits per heavy atom. The van der Waals surface area contributed by atoms with Crippen LogP contribution < -0.4 is 0 Å². The van der Waals surface area contributed by atoms with Gasteiger partial charge in [-0.25, -0.2) is 4.98 Å². The number of aldehydes is 1. The molecule has 1 saturated carbocycles. The summed E-state index contributed by atoms with van der Waals surface area (Å²) in [4.78, 5) is 15.0. The van der Waals surface area contributed by atoms with Crippen molar-refractivity contribution in [1.82, 2.24) is 14.1 Å². The van der Waals surface area contributed by atoms with Crippen LogP contribution >= 0.6 is 0 Å². The molecule has 0 unspecified atom stereocenters. The van der Waals surface area contributed by atoms with Crippen LogP contribution in [0.5, 0.6) is 0 Å². The lowest BCUT2D eigenvalue weighted by Crippen LogP contribution is -2.04. The molecule has 1 aliphatic rings. The molecule has 0 radical (unpaired) electrons. The number of para-hydroxylation sites is 1. The summed E-state index contributed by atoms with van der Waals surface area (Å²) in [6, 6.07) is 8.03. The van der Waals surface area contributed by atoms with Gasteiger partial charge in [-0.2, -0.15) is 4.39 Å². The Morgan fingerprint density at radius 3 is 2.92 bits per heavy atom. The van der Waals surface area contributed by atoms with Crippen molar-refractivity contribution in [3.63, 3.8) is 0 Å². The average molecular weight is 323 g/mol. The lowest BCUT2D eigenvalue weighted by Gasteiger charge is -2.09. The Bertz CT molecular complexity index is 918. The molecule has 2 heterocycles. The molecule has 1 fully saturated rings. The third-order valence-electron chi connectivity index (χ3n) is 4.46. The molecule has 0 saturated heterocycles. The molecule has 2 aromatic heterocycles. The number of aromatic nitrogens is 3. The summed E-state index contributed by atoms with van der Waals surface area (Å²) in [7, 11) is 0. The minimum absolute atomic E-state index is 0.473. The Kier molecular flexibility index (Phi) is 3.76. The van der Waals surface area contributed by atoms with Crippen molar-refractivity contribution in [2.75, 3.05) is 0 Å². The first-order valence-corrected chi connectivity index (χ1v) is 8.16. The van der Waals surface area contributed by atoms with E-state index >= 15 is 0 Å². The van der Waals surface area contributed by atoms with Crippen LogP contribution in [0.2, 0.25) is 0 Å². The van der Waals surface area contributed by atoms with Gasteiger partial charge in [0, 0.05) is 18.5 Å². The molecule has 5 heteroatoms. The Balaban J connectivity index is 1.68. The maximum atomic E-state index is 12.9. The van der Waals surface area contributed by atoms with Crippen molar-refractivity contribution in [2.24, 2.45) is 5.92 Å². The zero-order valence-electron chi connectivity index (χ0n) is 13.2. The van der Waals surface area contributed by atoms with Gasteiger partial charge in [0.2, 0.25) is 5.95 Å². The van der Waals surface area contributed by atoms with Crippen LogP contribution in [0.1, 0.15) is 28.9 Å². The highest BCUT2D eigenvalue weighted by Crippen LogP contribution is 2.34. The average Bonchev–Trinajstić information content (AvgIpc) is 3.19. The number of rotatable bonds is 6. The monoisotopic (exact) mass is 323 g/mol. The summed E-state index contributed by atoms with van der Waals surface area (Å²) in [6.45, 7) is 1.45. The predicted octanol–water partition coefficient (Wildman–Crippen LogP) is 3.91. The predicted molar refractivity (Wildman–Crippen MR) is 91.3 cm³/mol.